The maximum atomic E-state index is 13.1. The van der Waals surface area contributed by atoms with Crippen LogP contribution in [0.15, 0.2) is 30.3 Å². The van der Waals surface area contributed by atoms with Crippen molar-refractivity contribution in [3.63, 3.8) is 0 Å². The lowest BCUT2D eigenvalue weighted by molar-refractivity contribution is -0.119. The molecule has 8 heteroatoms. The van der Waals surface area contributed by atoms with E-state index >= 15 is 0 Å². The van der Waals surface area contributed by atoms with Crippen LogP contribution in [-0.4, -0.2) is 25.6 Å². The highest BCUT2D eigenvalue weighted by molar-refractivity contribution is 6.31. The van der Waals surface area contributed by atoms with Gasteiger partial charge in [0.15, 0.2) is 18.2 Å². The zero-order chi connectivity index (χ0) is 18.6. The van der Waals surface area contributed by atoms with E-state index in [-0.39, 0.29) is 5.56 Å². The quantitative estimate of drug-likeness (QED) is 0.816. The van der Waals surface area contributed by atoms with Crippen molar-refractivity contribution >= 4 is 29.2 Å². The van der Waals surface area contributed by atoms with E-state index < -0.39 is 30.1 Å². The molecule has 0 aliphatic rings. The van der Waals surface area contributed by atoms with Crippen molar-refractivity contribution in [3.05, 3.63) is 58.1 Å². The Morgan fingerprint density at radius 3 is 2.52 bits per heavy atom. The van der Waals surface area contributed by atoms with Crippen molar-refractivity contribution in [2.24, 2.45) is 0 Å². The number of benzene rings is 2. The predicted molar refractivity (Wildman–Crippen MR) is 88.0 cm³/mol. The number of methoxy groups -OCH3 is 1. The van der Waals surface area contributed by atoms with E-state index in [1.165, 1.54) is 7.11 Å². The van der Waals surface area contributed by atoms with Crippen LogP contribution in [0, 0.1) is 18.6 Å². The van der Waals surface area contributed by atoms with Crippen LogP contribution in [0.25, 0.3) is 0 Å². The second kappa shape index (κ2) is 7.94. The maximum Gasteiger partial charge on any atom is 0.338 e. The molecule has 0 bridgehead atoms. The standard InChI is InChI=1S/C17H14ClF2NO4/c1-9-5-14(15(24-2)7-11(9)18)21-16(22)8-25-17(23)10-3-4-12(19)13(20)6-10/h3-7H,8H2,1-2H3,(H,21,22). The summed E-state index contributed by atoms with van der Waals surface area (Å²) in [5, 5.41) is 2.99. The molecule has 0 aliphatic heterocycles. The third-order valence-electron chi connectivity index (χ3n) is 3.24. The van der Waals surface area contributed by atoms with Crippen LogP contribution < -0.4 is 10.1 Å². The minimum absolute atomic E-state index is 0.202. The molecule has 5 nitrogen and oxygen atoms in total. The molecule has 2 aromatic rings. The van der Waals surface area contributed by atoms with Crippen molar-refractivity contribution in [1.29, 1.82) is 0 Å². The first-order chi connectivity index (χ1) is 11.8. The molecule has 132 valence electrons. The smallest absolute Gasteiger partial charge is 0.338 e. The fourth-order valence-electron chi connectivity index (χ4n) is 1.95. The van der Waals surface area contributed by atoms with Crippen molar-refractivity contribution in [2.75, 3.05) is 19.0 Å². The molecule has 2 rings (SSSR count). The number of nitrogens with one attached hydrogen (secondary N) is 1. The molecule has 1 N–H and O–H groups in total. The molecule has 0 unspecified atom stereocenters. The van der Waals surface area contributed by atoms with E-state index in [9.17, 15) is 18.4 Å². The summed E-state index contributed by atoms with van der Waals surface area (Å²) in [6.07, 6.45) is 0. The summed E-state index contributed by atoms with van der Waals surface area (Å²) in [6.45, 7) is 1.14. The van der Waals surface area contributed by atoms with Gasteiger partial charge >= 0.3 is 5.97 Å². The zero-order valence-corrected chi connectivity index (χ0v) is 14.1. The van der Waals surface area contributed by atoms with Gasteiger partial charge in [0.1, 0.15) is 5.75 Å². The van der Waals surface area contributed by atoms with E-state index in [2.05, 4.69) is 5.32 Å². The second-order valence-electron chi connectivity index (χ2n) is 5.05. The summed E-state index contributed by atoms with van der Waals surface area (Å²) < 4.78 is 35.8. The number of rotatable bonds is 5. The number of esters is 1. The van der Waals surface area contributed by atoms with Gasteiger partial charge in [-0.3, -0.25) is 4.79 Å². The molecule has 0 aliphatic carbocycles. The number of carbonyl (C=O) groups is 2. The Bertz CT molecular complexity index is 827. The normalized spacial score (nSPS) is 10.3. The van der Waals surface area contributed by atoms with Gasteiger partial charge in [0, 0.05) is 11.1 Å². The Hall–Kier alpha value is -2.67. The monoisotopic (exact) mass is 369 g/mol. The van der Waals surface area contributed by atoms with Gasteiger partial charge in [-0.15, -0.1) is 0 Å². The third kappa shape index (κ3) is 4.67. The number of aryl methyl sites for hydroxylation is 1. The number of carbonyl (C=O) groups excluding carboxylic acids is 2. The van der Waals surface area contributed by atoms with Crippen molar-refractivity contribution < 1.29 is 27.8 Å². The van der Waals surface area contributed by atoms with Gasteiger partial charge in [0.05, 0.1) is 18.4 Å². The molecule has 0 heterocycles. The Morgan fingerprint density at radius 1 is 1.16 bits per heavy atom. The van der Waals surface area contributed by atoms with E-state index in [1.807, 2.05) is 0 Å². The molecule has 0 atom stereocenters. The average molecular weight is 370 g/mol. The Kier molecular flexibility index (Phi) is 5.93. The second-order valence-corrected chi connectivity index (χ2v) is 5.46. The van der Waals surface area contributed by atoms with Crippen LogP contribution in [0.2, 0.25) is 5.02 Å². The van der Waals surface area contributed by atoms with Gasteiger partial charge in [-0.25, -0.2) is 13.6 Å². The minimum atomic E-state index is -1.18. The Balaban J connectivity index is 2.00. The van der Waals surface area contributed by atoms with Crippen LogP contribution in [-0.2, 0) is 9.53 Å². The summed E-state index contributed by atoms with van der Waals surface area (Å²) in [5.74, 6) is -3.50. The predicted octanol–water partition coefficient (Wildman–Crippen LogP) is 3.73. The molecule has 0 aromatic heterocycles. The number of halogens is 3. The summed E-state index contributed by atoms with van der Waals surface area (Å²) in [4.78, 5) is 23.7. The molecule has 0 radical (unpaired) electrons. The van der Waals surface area contributed by atoms with E-state index in [0.717, 1.165) is 17.7 Å². The number of hydrogen-bond acceptors (Lipinski definition) is 4. The fraction of sp³-hybridized carbons (Fsp3) is 0.176. The summed E-state index contributed by atoms with van der Waals surface area (Å²) in [7, 11) is 1.42. The molecule has 0 saturated carbocycles. The van der Waals surface area contributed by atoms with Crippen LogP contribution >= 0.6 is 11.6 Å². The van der Waals surface area contributed by atoms with Gasteiger partial charge in [0.25, 0.3) is 5.91 Å². The molecule has 2 aromatic carbocycles. The third-order valence-corrected chi connectivity index (χ3v) is 3.65. The first-order valence-electron chi connectivity index (χ1n) is 7.08. The average Bonchev–Trinajstić information content (AvgIpc) is 2.58. The summed E-state index contributed by atoms with van der Waals surface area (Å²) in [5.41, 5.74) is 0.876. The van der Waals surface area contributed by atoms with Crippen LogP contribution in [0.4, 0.5) is 14.5 Å². The number of amides is 1. The van der Waals surface area contributed by atoms with Crippen LogP contribution in [0.3, 0.4) is 0 Å². The Morgan fingerprint density at radius 2 is 1.88 bits per heavy atom. The highest BCUT2D eigenvalue weighted by Gasteiger charge is 2.15. The molecule has 25 heavy (non-hydrogen) atoms. The largest absolute Gasteiger partial charge is 0.495 e. The molecule has 0 saturated heterocycles. The molecule has 1 amide bonds. The van der Waals surface area contributed by atoms with Gasteiger partial charge in [0.2, 0.25) is 0 Å². The van der Waals surface area contributed by atoms with E-state index in [4.69, 9.17) is 21.1 Å². The van der Waals surface area contributed by atoms with Crippen molar-refractivity contribution in [1.82, 2.24) is 0 Å². The summed E-state index contributed by atoms with van der Waals surface area (Å²) in [6, 6.07) is 5.70. The zero-order valence-electron chi connectivity index (χ0n) is 13.4. The van der Waals surface area contributed by atoms with Gasteiger partial charge in [-0.1, -0.05) is 11.6 Å². The SMILES string of the molecule is COc1cc(Cl)c(C)cc1NC(=O)COC(=O)c1ccc(F)c(F)c1. The molecular weight excluding hydrogens is 356 g/mol. The number of hydrogen-bond donors (Lipinski definition) is 1. The van der Waals surface area contributed by atoms with Crippen molar-refractivity contribution in [2.45, 2.75) is 6.92 Å². The van der Waals surface area contributed by atoms with Crippen LogP contribution in [0.1, 0.15) is 15.9 Å². The number of ether oxygens (including phenoxy) is 2. The van der Waals surface area contributed by atoms with Gasteiger partial charge < -0.3 is 14.8 Å². The van der Waals surface area contributed by atoms with E-state index in [0.29, 0.717) is 22.5 Å². The first-order valence-corrected chi connectivity index (χ1v) is 7.45. The molecule has 0 fully saturated rings. The van der Waals surface area contributed by atoms with Crippen LogP contribution in [0.5, 0.6) is 5.75 Å². The van der Waals surface area contributed by atoms with Gasteiger partial charge in [-0.2, -0.15) is 0 Å². The Labute approximate surface area is 147 Å². The highest BCUT2D eigenvalue weighted by atomic mass is 35.5. The number of anilines is 1. The first kappa shape index (κ1) is 18.7. The molecular formula is C17H14ClF2NO4. The van der Waals surface area contributed by atoms with Crippen molar-refractivity contribution in [3.8, 4) is 5.75 Å². The fourth-order valence-corrected chi connectivity index (χ4v) is 2.11. The highest BCUT2D eigenvalue weighted by Crippen LogP contribution is 2.30. The lowest BCUT2D eigenvalue weighted by atomic mass is 10.2. The lowest BCUT2D eigenvalue weighted by Crippen LogP contribution is -2.21. The minimum Gasteiger partial charge on any atom is -0.495 e. The molecule has 0 spiro atoms. The maximum absolute atomic E-state index is 13.1. The lowest BCUT2D eigenvalue weighted by Gasteiger charge is -2.12. The van der Waals surface area contributed by atoms with E-state index in [1.54, 1.807) is 19.1 Å². The van der Waals surface area contributed by atoms with Gasteiger partial charge in [-0.05, 0) is 36.8 Å². The summed E-state index contributed by atoms with van der Waals surface area (Å²) >= 11 is 5.98. The topological polar surface area (TPSA) is 64.6 Å².